The van der Waals surface area contributed by atoms with E-state index in [1.807, 2.05) is 12.1 Å². The van der Waals surface area contributed by atoms with Gasteiger partial charge in [0.05, 0.1) is 6.10 Å². The summed E-state index contributed by atoms with van der Waals surface area (Å²) >= 11 is 0. The minimum Gasteiger partial charge on any atom is -0.393 e. The third-order valence-corrected chi connectivity index (χ3v) is 4.25. The number of para-hydroxylation sites is 1. The van der Waals surface area contributed by atoms with Crippen molar-refractivity contribution in [2.45, 2.75) is 32.8 Å². The molecule has 0 aromatic heterocycles. The second kappa shape index (κ2) is 8.03. The number of nitrogens with zero attached hydrogens (tertiary/aromatic N) is 2. The van der Waals surface area contributed by atoms with Gasteiger partial charge in [-0.1, -0.05) is 18.2 Å². The Morgan fingerprint density at radius 3 is 2.68 bits per heavy atom. The zero-order valence-corrected chi connectivity index (χ0v) is 13.6. The molecule has 22 heavy (non-hydrogen) atoms. The van der Waals surface area contributed by atoms with Crippen LogP contribution < -0.4 is 10.2 Å². The van der Waals surface area contributed by atoms with Crippen LogP contribution in [0.2, 0.25) is 0 Å². The van der Waals surface area contributed by atoms with E-state index in [-0.39, 0.29) is 12.1 Å². The predicted molar refractivity (Wildman–Crippen MR) is 89.3 cm³/mol. The van der Waals surface area contributed by atoms with E-state index < -0.39 is 0 Å². The number of hydrogen-bond donors (Lipinski definition) is 2. The number of likely N-dealkylation sites (tertiary alicyclic amines) is 1. The van der Waals surface area contributed by atoms with Crippen molar-refractivity contribution in [3.8, 4) is 0 Å². The third kappa shape index (κ3) is 4.37. The molecule has 0 radical (unpaired) electrons. The lowest BCUT2D eigenvalue weighted by atomic mass is 10.1. The number of rotatable bonds is 5. The first-order valence-electron chi connectivity index (χ1n) is 8.13. The van der Waals surface area contributed by atoms with E-state index in [1.165, 1.54) is 11.3 Å². The normalized spacial score (nSPS) is 15.7. The molecule has 0 unspecified atom stereocenters. The van der Waals surface area contributed by atoms with Gasteiger partial charge in [-0.15, -0.1) is 0 Å². The summed E-state index contributed by atoms with van der Waals surface area (Å²) < 4.78 is 0. The summed E-state index contributed by atoms with van der Waals surface area (Å²) in [5, 5.41) is 12.5. The number of nitrogens with one attached hydrogen (secondary N) is 1. The lowest BCUT2D eigenvalue weighted by Gasteiger charge is -2.30. The van der Waals surface area contributed by atoms with Crippen molar-refractivity contribution < 1.29 is 9.90 Å². The molecule has 0 spiro atoms. The molecule has 2 N–H and O–H groups in total. The first kappa shape index (κ1) is 16.6. The minimum atomic E-state index is -0.249. The van der Waals surface area contributed by atoms with Gasteiger partial charge in [-0.3, -0.25) is 0 Å². The molecule has 1 saturated heterocycles. The Kier molecular flexibility index (Phi) is 6.07. The lowest BCUT2D eigenvalue weighted by molar-refractivity contribution is 0.0938. The van der Waals surface area contributed by atoms with E-state index in [0.29, 0.717) is 32.5 Å². The van der Waals surface area contributed by atoms with Crippen LogP contribution in [-0.2, 0) is 0 Å². The third-order valence-electron chi connectivity index (χ3n) is 4.25. The summed E-state index contributed by atoms with van der Waals surface area (Å²) in [5.74, 6) is 0. The highest BCUT2D eigenvalue weighted by atomic mass is 16.3. The van der Waals surface area contributed by atoms with E-state index in [4.69, 9.17) is 0 Å². The van der Waals surface area contributed by atoms with Gasteiger partial charge in [0.15, 0.2) is 0 Å². The van der Waals surface area contributed by atoms with Crippen LogP contribution in [-0.4, -0.2) is 54.9 Å². The zero-order chi connectivity index (χ0) is 15.9. The maximum absolute atomic E-state index is 12.1. The molecular weight excluding hydrogens is 278 g/mol. The highest BCUT2D eigenvalue weighted by Crippen LogP contribution is 2.18. The molecular formula is C17H27N3O2. The first-order valence-corrected chi connectivity index (χ1v) is 8.13. The van der Waals surface area contributed by atoms with Crippen molar-refractivity contribution >= 4 is 11.7 Å². The summed E-state index contributed by atoms with van der Waals surface area (Å²) in [6.07, 6.45) is 1.11. The molecule has 0 bridgehead atoms. The molecule has 1 heterocycles. The van der Waals surface area contributed by atoms with Crippen LogP contribution in [0.1, 0.15) is 25.3 Å². The number of anilines is 1. The molecule has 122 valence electrons. The van der Waals surface area contributed by atoms with Gasteiger partial charge in [0.2, 0.25) is 0 Å². The monoisotopic (exact) mass is 305 g/mol. The molecule has 0 saturated carbocycles. The highest BCUT2D eigenvalue weighted by molar-refractivity contribution is 5.74. The first-order chi connectivity index (χ1) is 10.6. The van der Waals surface area contributed by atoms with Gasteiger partial charge in [-0.25, -0.2) is 4.79 Å². The largest absolute Gasteiger partial charge is 0.393 e. The van der Waals surface area contributed by atoms with Crippen molar-refractivity contribution in [2.75, 3.05) is 37.6 Å². The number of carbonyl (C=O) groups is 1. The maximum Gasteiger partial charge on any atom is 0.317 e. The van der Waals surface area contributed by atoms with Gasteiger partial charge in [-0.05, 0) is 38.3 Å². The van der Waals surface area contributed by atoms with Crippen LogP contribution in [0.25, 0.3) is 0 Å². The van der Waals surface area contributed by atoms with E-state index in [1.54, 1.807) is 4.90 Å². The predicted octanol–water partition coefficient (Wildman–Crippen LogP) is 1.99. The number of amides is 2. The second-order valence-electron chi connectivity index (χ2n) is 5.82. The summed E-state index contributed by atoms with van der Waals surface area (Å²) in [6.45, 7) is 7.85. The molecule has 1 aromatic carbocycles. The molecule has 1 fully saturated rings. The Hall–Kier alpha value is -1.75. The van der Waals surface area contributed by atoms with Crippen molar-refractivity contribution in [1.82, 2.24) is 10.2 Å². The summed E-state index contributed by atoms with van der Waals surface area (Å²) in [7, 11) is 0. The van der Waals surface area contributed by atoms with Crippen LogP contribution in [0.3, 0.4) is 0 Å². The van der Waals surface area contributed by atoms with Crippen molar-refractivity contribution in [2.24, 2.45) is 0 Å². The van der Waals surface area contributed by atoms with E-state index in [2.05, 4.69) is 36.2 Å². The number of hydrogen-bond acceptors (Lipinski definition) is 3. The van der Waals surface area contributed by atoms with Gasteiger partial charge >= 0.3 is 6.03 Å². The van der Waals surface area contributed by atoms with Crippen molar-refractivity contribution in [1.29, 1.82) is 0 Å². The summed E-state index contributed by atoms with van der Waals surface area (Å²) in [5.41, 5.74) is 2.47. The number of piperidine rings is 1. The van der Waals surface area contributed by atoms with Gasteiger partial charge in [0.25, 0.3) is 0 Å². The van der Waals surface area contributed by atoms with Crippen molar-refractivity contribution in [3.05, 3.63) is 29.8 Å². The molecule has 0 aliphatic carbocycles. The molecule has 2 amide bonds. The maximum atomic E-state index is 12.1. The standard InChI is InChI=1S/C17H27N3O2/c1-3-19(16-7-5-4-6-14(16)2)13-10-18-17(22)20-11-8-15(21)9-12-20/h4-7,15,21H,3,8-13H2,1-2H3,(H,18,22). The Morgan fingerprint density at radius 1 is 1.36 bits per heavy atom. The number of urea groups is 1. The van der Waals surface area contributed by atoms with Crippen LogP contribution in [0.5, 0.6) is 0 Å². The van der Waals surface area contributed by atoms with E-state index in [0.717, 1.165) is 13.1 Å². The number of likely N-dealkylation sites (N-methyl/N-ethyl adjacent to an activating group) is 1. The molecule has 1 aliphatic heterocycles. The smallest absolute Gasteiger partial charge is 0.317 e. The van der Waals surface area contributed by atoms with Gasteiger partial charge in [0, 0.05) is 38.4 Å². The summed E-state index contributed by atoms with van der Waals surface area (Å²) in [4.78, 5) is 16.2. The Labute approximate surface area is 132 Å². The molecule has 2 rings (SSSR count). The van der Waals surface area contributed by atoms with E-state index in [9.17, 15) is 9.90 Å². The average molecular weight is 305 g/mol. The second-order valence-corrected chi connectivity index (χ2v) is 5.82. The fourth-order valence-electron chi connectivity index (χ4n) is 2.85. The van der Waals surface area contributed by atoms with Crippen LogP contribution in [0.4, 0.5) is 10.5 Å². The lowest BCUT2D eigenvalue weighted by Crippen LogP contribution is -2.47. The summed E-state index contributed by atoms with van der Waals surface area (Å²) in [6, 6.07) is 8.29. The Bertz CT molecular complexity index is 485. The molecule has 1 aliphatic rings. The minimum absolute atomic E-state index is 0.0206. The van der Waals surface area contributed by atoms with Gasteiger partial charge in [-0.2, -0.15) is 0 Å². The topological polar surface area (TPSA) is 55.8 Å². The molecule has 1 aromatic rings. The average Bonchev–Trinajstić information content (AvgIpc) is 2.53. The van der Waals surface area contributed by atoms with Crippen LogP contribution >= 0.6 is 0 Å². The molecule has 0 atom stereocenters. The number of carbonyl (C=O) groups excluding carboxylic acids is 1. The quantitative estimate of drug-likeness (QED) is 0.875. The zero-order valence-electron chi connectivity index (χ0n) is 13.6. The Morgan fingerprint density at radius 2 is 2.05 bits per heavy atom. The number of aliphatic hydroxyl groups is 1. The number of benzene rings is 1. The van der Waals surface area contributed by atoms with Gasteiger partial charge in [0.1, 0.15) is 0 Å². The van der Waals surface area contributed by atoms with Crippen molar-refractivity contribution in [3.63, 3.8) is 0 Å². The SMILES string of the molecule is CCN(CCNC(=O)N1CCC(O)CC1)c1ccccc1C. The highest BCUT2D eigenvalue weighted by Gasteiger charge is 2.20. The van der Waals surface area contributed by atoms with Crippen LogP contribution in [0, 0.1) is 6.92 Å². The Balaban J connectivity index is 1.79. The molecule has 5 nitrogen and oxygen atoms in total. The molecule has 5 heteroatoms. The number of aliphatic hydroxyl groups excluding tert-OH is 1. The van der Waals surface area contributed by atoms with Crippen LogP contribution in [0.15, 0.2) is 24.3 Å². The van der Waals surface area contributed by atoms with Gasteiger partial charge < -0.3 is 20.2 Å². The van der Waals surface area contributed by atoms with E-state index >= 15 is 0 Å². The fraction of sp³-hybridized carbons (Fsp3) is 0.588. The fourth-order valence-corrected chi connectivity index (χ4v) is 2.85. The number of aryl methyl sites for hydroxylation is 1.